The average Bonchev–Trinajstić information content (AvgIpc) is 2.78. The fourth-order valence-electron chi connectivity index (χ4n) is 1.49. The van der Waals surface area contributed by atoms with Crippen LogP contribution in [0.4, 0.5) is 0 Å². The highest BCUT2D eigenvalue weighted by Gasteiger charge is 2.25. The molecule has 5 nitrogen and oxygen atoms in total. The van der Waals surface area contributed by atoms with Gasteiger partial charge in [-0.3, -0.25) is 0 Å². The predicted molar refractivity (Wildman–Crippen MR) is 67.1 cm³/mol. The van der Waals surface area contributed by atoms with E-state index in [4.69, 9.17) is 4.42 Å². The van der Waals surface area contributed by atoms with Crippen molar-refractivity contribution in [3.05, 3.63) is 24.2 Å². The molecule has 1 heterocycles. The van der Waals surface area contributed by atoms with Gasteiger partial charge in [-0.25, -0.2) is 12.7 Å². The molecule has 0 aliphatic carbocycles. The first-order valence-corrected chi connectivity index (χ1v) is 7.15. The average molecular weight is 260 g/mol. The third-order valence-electron chi connectivity index (χ3n) is 2.61. The molecule has 1 unspecified atom stereocenters. The third kappa shape index (κ3) is 3.83. The molecule has 0 aromatic carbocycles. The largest absolute Gasteiger partial charge is 0.472 e. The molecule has 98 valence electrons. The van der Waals surface area contributed by atoms with E-state index >= 15 is 0 Å². The van der Waals surface area contributed by atoms with Crippen molar-refractivity contribution in [1.82, 2.24) is 9.62 Å². The first-order chi connectivity index (χ1) is 7.98. The monoisotopic (exact) mass is 260 g/mol. The quantitative estimate of drug-likeness (QED) is 0.795. The first-order valence-electron chi connectivity index (χ1n) is 5.65. The third-order valence-corrected chi connectivity index (χ3v) is 4.79. The number of nitrogens with one attached hydrogen (secondary N) is 1. The Morgan fingerprint density at radius 1 is 1.53 bits per heavy atom. The normalized spacial score (nSPS) is 14.1. The van der Waals surface area contributed by atoms with Crippen molar-refractivity contribution in [2.75, 3.05) is 20.1 Å². The summed E-state index contributed by atoms with van der Waals surface area (Å²) in [5.41, 5.74) is 0.853. The van der Waals surface area contributed by atoms with E-state index in [1.165, 1.54) is 10.6 Å². The molecule has 0 amide bonds. The Morgan fingerprint density at radius 2 is 2.24 bits per heavy atom. The van der Waals surface area contributed by atoms with Crippen molar-refractivity contribution in [3.8, 4) is 0 Å². The van der Waals surface area contributed by atoms with Crippen LogP contribution < -0.4 is 5.32 Å². The van der Waals surface area contributed by atoms with Crippen molar-refractivity contribution in [3.63, 3.8) is 0 Å². The molecule has 0 aliphatic heterocycles. The molecule has 1 rings (SSSR count). The molecule has 0 saturated heterocycles. The fraction of sp³-hybridized carbons (Fsp3) is 0.636. The van der Waals surface area contributed by atoms with Crippen LogP contribution in [0, 0.1) is 0 Å². The van der Waals surface area contributed by atoms with Crippen LogP contribution in [0.3, 0.4) is 0 Å². The van der Waals surface area contributed by atoms with Gasteiger partial charge in [-0.1, -0.05) is 6.92 Å². The van der Waals surface area contributed by atoms with E-state index in [0.29, 0.717) is 13.1 Å². The summed E-state index contributed by atoms with van der Waals surface area (Å²) in [5, 5.41) is 2.61. The Balaban J connectivity index is 2.63. The Kier molecular flexibility index (Phi) is 5.17. The van der Waals surface area contributed by atoms with Crippen molar-refractivity contribution in [2.24, 2.45) is 0 Å². The summed E-state index contributed by atoms with van der Waals surface area (Å²) < 4.78 is 30.5. The number of rotatable bonds is 7. The van der Waals surface area contributed by atoms with E-state index in [1.54, 1.807) is 26.3 Å². The highest BCUT2D eigenvalue weighted by atomic mass is 32.2. The Bertz CT molecular complexity index is 414. The van der Waals surface area contributed by atoms with Crippen molar-refractivity contribution in [2.45, 2.75) is 25.6 Å². The van der Waals surface area contributed by atoms with Crippen LogP contribution in [0.1, 0.15) is 19.4 Å². The van der Waals surface area contributed by atoms with Crippen molar-refractivity contribution >= 4 is 10.0 Å². The zero-order valence-electron chi connectivity index (χ0n) is 10.5. The number of nitrogens with zero attached hydrogens (tertiary/aromatic N) is 1. The van der Waals surface area contributed by atoms with E-state index in [0.717, 1.165) is 12.1 Å². The van der Waals surface area contributed by atoms with Gasteiger partial charge in [0.2, 0.25) is 10.0 Å². The van der Waals surface area contributed by atoms with Crippen LogP contribution in [0.5, 0.6) is 0 Å². The molecule has 1 N–H and O–H groups in total. The maximum Gasteiger partial charge on any atom is 0.218 e. The summed E-state index contributed by atoms with van der Waals surface area (Å²) in [6.45, 7) is 5.24. The minimum atomic E-state index is -3.26. The summed E-state index contributed by atoms with van der Waals surface area (Å²) in [5.74, 6) is 0. The maximum absolute atomic E-state index is 12.1. The van der Waals surface area contributed by atoms with Crippen LogP contribution in [0.15, 0.2) is 23.0 Å². The second-order valence-electron chi connectivity index (χ2n) is 4.05. The molecule has 0 spiro atoms. The first kappa shape index (κ1) is 14.2. The van der Waals surface area contributed by atoms with E-state index in [1.807, 2.05) is 6.92 Å². The lowest BCUT2D eigenvalue weighted by Crippen LogP contribution is -2.39. The van der Waals surface area contributed by atoms with Crippen molar-refractivity contribution in [1.29, 1.82) is 0 Å². The molecule has 0 aliphatic rings. The molecule has 1 aromatic heterocycles. The molecular weight excluding hydrogens is 240 g/mol. The van der Waals surface area contributed by atoms with Crippen LogP contribution in [0.2, 0.25) is 0 Å². The van der Waals surface area contributed by atoms with Crippen LogP contribution >= 0.6 is 0 Å². The Hall–Kier alpha value is -0.850. The smallest absolute Gasteiger partial charge is 0.218 e. The topological polar surface area (TPSA) is 62.6 Å². The molecule has 1 atom stereocenters. The zero-order chi connectivity index (χ0) is 12.9. The highest BCUT2D eigenvalue weighted by molar-refractivity contribution is 7.89. The number of hydrogen-bond acceptors (Lipinski definition) is 4. The van der Waals surface area contributed by atoms with E-state index < -0.39 is 15.3 Å². The lowest BCUT2D eigenvalue weighted by Gasteiger charge is -2.21. The molecule has 0 saturated carbocycles. The summed E-state index contributed by atoms with van der Waals surface area (Å²) in [6.07, 6.45) is 3.10. The van der Waals surface area contributed by atoms with Gasteiger partial charge in [-0.2, -0.15) is 0 Å². The standard InChI is InChI=1S/C11H20N2O3S/c1-4-12-7-10(2)17(14,15)13(3)8-11-5-6-16-9-11/h5-6,9-10,12H,4,7-8H2,1-3H3. The Labute approximate surface area is 103 Å². The molecule has 1 aromatic rings. The lowest BCUT2D eigenvalue weighted by molar-refractivity contribution is 0.451. The second-order valence-corrected chi connectivity index (χ2v) is 6.51. The lowest BCUT2D eigenvalue weighted by atomic mass is 10.3. The van der Waals surface area contributed by atoms with Gasteiger partial charge in [0.25, 0.3) is 0 Å². The summed E-state index contributed by atoms with van der Waals surface area (Å²) in [6, 6.07) is 1.76. The van der Waals surface area contributed by atoms with Gasteiger partial charge in [-0.05, 0) is 19.5 Å². The molecule has 0 radical (unpaired) electrons. The van der Waals surface area contributed by atoms with E-state index in [2.05, 4.69) is 5.32 Å². The second kappa shape index (κ2) is 6.18. The van der Waals surface area contributed by atoms with Crippen molar-refractivity contribution < 1.29 is 12.8 Å². The summed E-state index contributed by atoms with van der Waals surface area (Å²) >= 11 is 0. The van der Waals surface area contributed by atoms with Gasteiger partial charge >= 0.3 is 0 Å². The molecular formula is C11H20N2O3S. The Morgan fingerprint density at radius 3 is 2.76 bits per heavy atom. The minimum absolute atomic E-state index is 0.343. The molecule has 0 fully saturated rings. The highest BCUT2D eigenvalue weighted by Crippen LogP contribution is 2.11. The van der Waals surface area contributed by atoms with E-state index in [9.17, 15) is 8.42 Å². The summed E-state index contributed by atoms with van der Waals surface area (Å²) in [4.78, 5) is 0. The van der Waals surface area contributed by atoms with Crippen LogP contribution in [-0.2, 0) is 16.6 Å². The van der Waals surface area contributed by atoms with Gasteiger partial charge in [0.15, 0.2) is 0 Å². The molecule has 6 heteroatoms. The number of furan rings is 1. The van der Waals surface area contributed by atoms with Crippen LogP contribution in [-0.4, -0.2) is 38.1 Å². The van der Waals surface area contributed by atoms with Crippen LogP contribution in [0.25, 0.3) is 0 Å². The predicted octanol–water partition coefficient (Wildman–Crippen LogP) is 1.04. The fourth-order valence-corrected chi connectivity index (χ4v) is 2.76. The van der Waals surface area contributed by atoms with Gasteiger partial charge in [0.1, 0.15) is 0 Å². The summed E-state index contributed by atoms with van der Waals surface area (Å²) in [7, 11) is -1.67. The SMILES string of the molecule is CCNCC(C)S(=O)(=O)N(C)Cc1ccoc1. The van der Waals surface area contributed by atoms with E-state index in [-0.39, 0.29) is 0 Å². The van der Waals surface area contributed by atoms with Gasteiger partial charge in [-0.15, -0.1) is 0 Å². The number of hydrogen-bond donors (Lipinski definition) is 1. The maximum atomic E-state index is 12.1. The van der Waals surface area contributed by atoms with Gasteiger partial charge in [0, 0.05) is 25.7 Å². The molecule has 0 bridgehead atoms. The minimum Gasteiger partial charge on any atom is -0.472 e. The van der Waals surface area contributed by atoms with Gasteiger partial charge in [0.05, 0.1) is 17.8 Å². The zero-order valence-corrected chi connectivity index (χ0v) is 11.3. The number of sulfonamides is 1. The van der Waals surface area contributed by atoms with Gasteiger partial charge < -0.3 is 9.73 Å². The molecule has 17 heavy (non-hydrogen) atoms.